The van der Waals surface area contributed by atoms with Gasteiger partial charge in [-0.2, -0.15) is 0 Å². The fraction of sp³-hybridized carbons (Fsp3) is 0.429. The largest absolute Gasteiger partial charge is 0.478 e. The van der Waals surface area contributed by atoms with Gasteiger partial charge in [0, 0.05) is 25.6 Å². The summed E-state index contributed by atoms with van der Waals surface area (Å²) in [5.41, 5.74) is 1.70. The second-order valence-electron chi connectivity index (χ2n) is 4.83. The van der Waals surface area contributed by atoms with Gasteiger partial charge >= 0.3 is 0 Å². The van der Waals surface area contributed by atoms with Gasteiger partial charge in [-0.15, -0.1) is 0 Å². The molecule has 5 nitrogen and oxygen atoms in total. The van der Waals surface area contributed by atoms with Gasteiger partial charge in [-0.3, -0.25) is 0 Å². The lowest BCUT2D eigenvalue weighted by Gasteiger charge is -2.19. The number of methoxy groups -OCH3 is 1. The number of ether oxygens (including phenoxy) is 1. The normalized spacial score (nSPS) is 19.1. The average Bonchev–Trinajstić information content (AvgIpc) is 2.94. The number of para-hydroxylation sites is 2. The molecule has 5 heteroatoms. The third-order valence-electron chi connectivity index (χ3n) is 3.56. The van der Waals surface area contributed by atoms with E-state index < -0.39 is 0 Å². The van der Waals surface area contributed by atoms with Gasteiger partial charge in [0.2, 0.25) is 0 Å². The molecule has 19 heavy (non-hydrogen) atoms. The van der Waals surface area contributed by atoms with Crippen LogP contribution in [0, 0.1) is 5.92 Å². The molecular formula is C14H17N3O2. The number of hydrogen-bond acceptors (Lipinski definition) is 5. The van der Waals surface area contributed by atoms with Gasteiger partial charge in [0.25, 0.3) is 5.88 Å². The minimum absolute atomic E-state index is 0.222. The molecule has 1 aliphatic heterocycles. The van der Waals surface area contributed by atoms with Crippen LogP contribution in [0.1, 0.15) is 6.42 Å². The number of aliphatic hydroxyl groups excluding tert-OH is 1. The Morgan fingerprint density at radius 3 is 2.68 bits per heavy atom. The van der Waals surface area contributed by atoms with Gasteiger partial charge in [0.05, 0.1) is 18.1 Å². The van der Waals surface area contributed by atoms with Crippen LogP contribution >= 0.6 is 0 Å². The second-order valence-corrected chi connectivity index (χ2v) is 4.83. The highest BCUT2D eigenvalue weighted by Crippen LogP contribution is 2.30. The molecule has 1 aliphatic rings. The fourth-order valence-corrected chi connectivity index (χ4v) is 2.49. The molecule has 0 unspecified atom stereocenters. The van der Waals surface area contributed by atoms with Crippen LogP contribution in [0.15, 0.2) is 24.3 Å². The Kier molecular flexibility index (Phi) is 3.21. The lowest BCUT2D eigenvalue weighted by atomic mass is 10.1. The summed E-state index contributed by atoms with van der Waals surface area (Å²) >= 11 is 0. The van der Waals surface area contributed by atoms with E-state index >= 15 is 0 Å². The van der Waals surface area contributed by atoms with Gasteiger partial charge in [-0.1, -0.05) is 12.1 Å². The van der Waals surface area contributed by atoms with Crippen molar-refractivity contribution < 1.29 is 9.84 Å². The van der Waals surface area contributed by atoms with E-state index in [1.807, 2.05) is 24.3 Å². The SMILES string of the molecule is COc1nc2ccccc2nc1N1CC[C@H](CO)C1. The highest BCUT2D eigenvalue weighted by Gasteiger charge is 2.26. The van der Waals surface area contributed by atoms with Crippen LogP contribution < -0.4 is 9.64 Å². The molecule has 1 atom stereocenters. The molecule has 1 aromatic carbocycles. The van der Waals surface area contributed by atoms with Crippen LogP contribution in [0.2, 0.25) is 0 Å². The molecule has 2 heterocycles. The molecule has 0 radical (unpaired) electrons. The van der Waals surface area contributed by atoms with Crippen molar-refractivity contribution in [2.75, 3.05) is 31.7 Å². The monoisotopic (exact) mass is 259 g/mol. The Bertz CT molecular complexity index is 588. The second kappa shape index (κ2) is 5.01. The maximum Gasteiger partial charge on any atom is 0.257 e. The fourth-order valence-electron chi connectivity index (χ4n) is 2.49. The Morgan fingerprint density at radius 2 is 2.05 bits per heavy atom. The number of fused-ring (bicyclic) bond motifs is 1. The third kappa shape index (κ3) is 2.21. The molecular weight excluding hydrogens is 242 g/mol. The molecule has 2 aromatic rings. The van der Waals surface area contributed by atoms with Crippen molar-refractivity contribution in [1.29, 1.82) is 0 Å². The molecule has 1 saturated heterocycles. The quantitative estimate of drug-likeness (QED) is 0.904. The molecule has 100 valence electrons. The van der Waals surface area contributed by atoms with E-state index in [2.05, 4.69) is 14.9 Å². The number of nitrogens with zero attached hydrogens (tertiary/aromatic N) is 3. The first-order chi connectivity index (χ1) is 9.31. The molecule has 0 saturated carbocycles. The first kappa shape index (κ1) is 12.2. The molecule has 0 bridgehead atoms. The van der Waals surface area contributed by atoms with E-state index in [1.165, 1.54) is 0 Å². The summed E-state index contributed by atoms with van der Waals surface area (Å²) in [6, 6.07) is 7.77. The minimum Gasteiger partial charge on any atom is -0.478 e. The van der Waals surface area contributed by atoms with Gasteiger partial charge in [-0.25, -0.2) is 9.97 Å². The van der Waals surface area contributed by atoms with Gasteiger partial charge in [0.15, 0.2) is 5.82 Å². The maximum atomic E-state index is 9.24. The zero-order valence-corrected chi connectivity index (χ0v) is 10.9. The van der Waals surface area contributed by atoms with Crippen molar-refractivity contribution in [3.05, 3.63) is 24.3 Å². The van der Waals surface area contributed by atoms with Crippen molar-refractivity contribution in [3.8, 4) is 5.88 Å². The van der Waals surface area contributed by atoms with Gasteiger partial charge < -0.3 is 14.7 Å². The third-order valence-corrected chi connectivity index (χ3v) is 3.56. The van der Waals surface area contributed by atoms with E-state index in [1.54, 1.807) is 7.11 Å². The molecule has 3 rings (SSSR count). The summed E-state index contributed by atoms with van der Waals surface area (Å²) in [6.45, 7) is 1.91. The summed E-state index contributed by atoms with van der Waals surface area (Å²) in [7, 11) is 1.61. The highest BCUT2D eigenvalue weighted by molar-refractivity contribution is 5.77. The molecule has 0 spiro atoms. The summed E-state index contributed by atoms with van der Waals surface area (Å²) < 4.78 is 5.36. The Labute approximate surface area is 111 Å². The van der Waals surface area contributed by atoms with Crippen LogP contribution in [-0.4, -0.2) is 41.9 Å². The number of benzene rings is 1. The Hall–Kier alpha value is -1.88. The van der Waals surface area contributed by atoms with E-state index in [0.717, 1.165) is 36.4 Å². The smallest absolute Gasteiger partial charge is 0.257 e. The first-order valence-electron chi connectivity index (χ1n) is 6.48. The van der Waals surface area contributed by atoms with Crippen LogP contribution in [0.3, 0.4) is 0 Å². The summed E-state index contributed by atoms with van der Waals surface area (Å²) in [5.74, 6) is 1.65. The molecule has 1 fully saturated rings. The van der Waals surface area contributed by atoms with E-state index in [9.17, 15) is 5.11 Å². The number of anilines is 1. The molecule has 1 N–H and O–H groups in total. The molecule has 0 aliphatic carbocycles. The van der Waals surface area contributed by atoms with Crippen LogP contribution in [-0.2, 0) is 0 Å². The summed E-state index contributed by atoms with van der Waals surface area (Å²) in [5, 5.41) is 9.24. The number of aromatic nitrogens is 2. The highest BCUT2D eigenvalue weighted by atomic mass is 16.5. The molecule has 1 aromatic heterocycles. The van der Waals surface area contributed by atoms with Crippen molar-refractivity contribution in [1.82, 2.24) is 9.97 Å². The van der Waals surface area contributed by atoms with Crippen LogP contribution in [0.4, 0.5) is 5.82 Å². The predicted molar refractivity (Wildman–Crippen MR) is 73.5 cm³/mol. The number of rotatable bonds is 3. The van der Waals surface area contributed by atoms with E-state index in [-0.39, 0.29) is 6.61 Å². The van der Waals surface area contributed by atoms with Crippen molar-refractivity contribution in [2.45, 2.75) is 6.42 Å². The van der Waals surface area contributed by atoms with Crippen LogP contribution in [0.5, 0.6) is 5.88 Å². The Morgan fingerprint density at radius 1 is 1.32 bits per heavy atom. The van der Waals surface area contributed by atoms with E-state index in [4.69, 9.17) is 4.74 Å². The van der Waals surface area contributed by atoms with Crippen molar-refractivity contribution in [3.63, 3.8) is 0 Å². The van der Waals surface area contributed by atoms with Gasteiger partial charge in [-0.05, 0) is 18.6 Å². The van der Waals surface area contributed by atoms with Crippen molar-refractivity contribution in [2.24, 2.45) is 5.92 Å². The lowest BCUT2D eigenvalue weighted by Crippen LogP contribution is -2.22. The average molecular weight is 259 g/mol. The van der Waals surface area contributed by atoms with Crippen molar-refractivity contribution >= 4 is 16.9 Å². The Balaban J connectivity index is 2.02. The van der Waals surface area contributed by atoms with E-state index in [0.29, 0.717) is 11.8 Å². The lowest BCUT2D eigenvalue weighted by molar-refractivity contribution is 0.238. The zero-order valence-electron chi connectivity index (χ0n) is 10.9. The zero-order chi connectivity index (χ0) is 13.2. The summed E-state index contributed by atoms with van der Waals surface area (Å²) in [6.07, 6.45) is 0.980. The summed E-state index contributed by atoms with van der Waals surface area (Å²) in [4.78, 5) is 11.3. The topological polar surface area (TPSA) is 58.5 Å². The number of aliphatic hydroxyl groups is 1. The number of hydrogen-bond donors (Lipinski definition) is 1. The maximum absolute atomic E-state index is 9.24. The predicted octanol–water partition coefficient (Wildman–Crippen LogP) is 1.46. The standard InChI is InChI=1S/C14H17N3O2/c1-19-14-13(17-7-6-10(8-17)9-18)15-11-4-2-3-5-12(11)16-14/h2-5,10,18H,6-9H2,1H3/t10-/m0/s1. The van der Waals surface area contributed by atoms with Gasteiger partial charge in [0.1, 0.15) is 0 Å². The van der Waals surface area contributed by atoms with Crippen LogP contribution in [0.25, 0.3) is 11.0 Å². The molecule has 0 amide bonds. The first-order valence-corrected chi connectivity index (χ1v) is 6.48. The minimum atomic E-state index is 0.222.